The number of aromatic nitrogens is 1. The number of nitrogens with one attached hydrogen (secondary N) is 1. The average molecular weight is 335 g/mol. The molecule has 0 saturated carbocycles. The zero-order valence-corrected chi connectivity index (χ0v) is 13.4. The Morgan fingerprint density at radius 2 is 1.92 bits per heavy atom. The second kappa shape index (κ2) is 7.40. The number of hydrogen-bond donors (Lipinski definition) is 1. The van der Waals surface area contributed by atoms with Crippen LogP contribution in [0.4, 0.5) is 0 Å². The van der Waals surface area contributed by atoms with Crippen molar-refractivity contribution < 1.29 is 9.53 Å². The number of para-hydroxylation sites is 1. The van der Waals surface area contributed by atoms with Crippen LogP contribution in [0.5, 0.6) is 11.6 Å². The van der Waals surface area contributed by atoms with Crippen LogP contribution in [0.1, 0.15) is 20.8 Å². The van der Waals surface area contributed by atoms with Crippen molar-refractivity contribution in [2.24, 2.45) is 0 Å². The minimum absolute atomic E-state index is 0.243. The van der Waals surface area contributed by atoms with E-state index in [0.29, 0.717) is 28.6 Å². The molecule has 2 aromatic carbocycles. The normalized spacial score (nSPS) is 9.96. The standard InChI is InChI=1S/C18H13N3O2S/c19-10-13-6-8-14(9-7-13)11-20-17(22)16-18(21-12-24-16)23-15-4-2-1-3-5-15/h1-9,12H,11H2,(H,20,22). The Bertz CT molecular complexity index is 867. The molecule has 1 heterocycles. The zero-order chi connectivity index (χ0) is 16.8. The molecule has 0 unspecified atom stereocenters. The van der Waals surface area contributed by atoms with Gasteiger partial charge < -0.3 is 10.1 Å². The smallest absolute Gasteiger partial charge is 0.267 e. The number of thiazole rings is 1. The second-order valence-electron chi connectivity index (χ2n) is 4.89. The van der Waals surface area contributed by atoms with E-state index in [1.54, 1.807) is 29.8 Å². The lowest BCUT2D eigenvalue weighted by molar-refractivity contribution is 0.0952. The Kier molecular flexibility index (Phi) is 4.84. The molecule has 0 spiro atoms. The molecule has 1 aromatic heterocycles. The lowest BCUT2D eigenvalue weighted by Gasteiger charge is -2.07. The van der Waals surface area contributed by atoms with E-state index in [1.165, 1.54) is 11.3 Å². The number of rotatable bonds is 5. The van der Waals surface area contributed by atoms with Crippen molar-refractivity contribution in [3.05, 3.63) is 76.1 Å². The first-order valence-electron chi connectivity index (χ1n) is 7.20. The molecular formula is C18H13N3O2S. The molecule has 1 amide bonds. The Hall–Kier alpha value is -3.17. The van der Waals surface area contributed by atoms with Crippen molar-refractivity contribution >= 4 is 17.2 Å². The summed E-state index contributed by atoms with van der Waals surface area (Å²) in [6, 6.07) is 18.3. The molecule has 0 radical (unpaired) electrons. The highest BCUT2D eigenvalue weighted by Crippen LogP contribution is 2.26. The summed E-state index contributed by atoms with van der Waals surface area (Å²) in [7, 11) is 0. The Morgan fingerprint density at radius 3 is 2.62 bits per heavy atom. The fourth-order valence-corrected chi connectivity index (χ4v) is 2.65. The fraction of sp³-hybridized carbons (Fsp3) is 0.0556. The van der Waals surface area contributed by atoms with Gasteiger partial charge in [-0.25, -0.2) is 4.98 Å². The van der Waals surface area contributed by atoms with E-state index in [4.69, 9.17) is 10.00 Å². The van der Waals surface area contributed by atoms with E-state index in [1.807, 2.05) is 30.3 Å². The maximum absolute atomic E-state index is 12.3. The van der Waals surface area contributed by atoms with E-state index in [0.717, 1.165) is 5.56 Å². The van der Waals surface area contributed by atoms with E-state index in [9.17, 15) is 4.79 Å². The number of benzene rings is 2. The van der Waals surface area contributed by atoms with Gasteiger partial charge in [0.2, 0.25) is 5.88 Å². The molecule has 0 atom stereocenters. The highest BCUT2D eigenvalue weighted by Gasteiger charge is 2.16. The summed E-state index contributed by atoms with van der Waals surface area (Å²) in [5.41, 5.74) is 3.08. The van der Waals surface area contributed by atoms with Gasteiger partial charge in [-0.15, -0.1) is 11.3 Å². The lowest BCUT2D eigenvalue weighted by atomic mass is 10.1. The SMILES string of the molecule is N#Cc1ccc(CNC(=O)c2scnc2Oc2ccccc2)cc1. The van der Waals surface area contributed by atoms with Crippen molar-refractivity contribution in [1.82, 2.24) is 10.3 Å². The highest BCUT2D eigenvalue weighted by atomic mass is 32.1. The number of hydrogen-bond acceptors (Lipinski definition) is 5. The van der Waals surface area contributed by atoms with Crippen LogP contribution >= 0.6 is 11.3 Å². The zero-order valence-electron chi connectivity index (χ0n) is 12.6. The Balaban J connectivity index is 1.65. The highest BCUT2D eigenvalue weighted by molar-refractivity contribution is 7.12. The van der Waals surface area contributed by atoms with Gasteiger partial charge in [0.05, 0.1) is 17.1 Å². The molecule has 3 rings (SSSR count). The molecule has 0 aliphatic rings. The molecular weight excluding hydrogens is 322 g/mol. The summed E-state index contributed by atoms with van der Waals surface area (Å²) in [6.07, 6.45) is 0. The van der Waals surface area contributed by atoms with Crippen molar-refractivity contribution in [2.75, 3.05) is 0 Å². The molecule has 118 valence electrons. The van der Waals surface area contributed by atoms with Gasteiger partial charge in [-0.3, -0.25) is 4.79 Å². The summed E-state index contributed by atoms with van der Waals surface area (Å²) < 4.78 is 5.66. The topological polar surface area (TPSA) is 75.0 Å². The quantitative estimate of drug-likeness (QED) is 0.771. The summed E-state index contributed by atoms with van der Waals surface area (Å²) in [4.78, 5) is 16.9. The van der Waals surface area contributed by atoms with Gasteiger partial charge in [-0.1, -0.05) is 30.3 Å². The minimum Gasteiger partial charge on any atom is -0.437 e. The molecule has 0 aliphatic heterocycles. The van der Waals surface area contributed by atoms with Gasteiger partial charge >= 0.3 is 0 Å². The predicted molar refractivity (Wildman–Crippen MR) is 91.0 cm³/mol. The van der Waals surface area contributed by atoms with Gasteiger partial charge in [-0.05, 0) is 29.8 Å². The third-order valence-corrected chi connectivity index (χ3v) is 4.04. The molecule has 0 saturated heterocycles. The van der Waals surface area contributed by atoms with Gasteiger partial charge in [0.15, 0.2) is 4.88 Å². The first kappa shape index (κ1) is 15.7. The maximum atomic E-state index is 12.3. The number of carbonyl (C=O) groups is 1. The monoisotopic (exact) mass is 335 g/mol. The third-order valence-electron chi connectivity index (χ3n) is 3.23. The maximum Gasteiger partial charge on any atom is 0.267 e. The Morgan fingerprint density at radius 1 is 1.17 bits per heavy atom. The van der Waals surface area contributed by atoms with Crippen molar-refractivity contribution in [2.45, 2.75) is 6.54 Å². The van der Waals surface area contributed by atoms with Gasteiger partial charge in [0, 0.05) is 6.54 Å². The second-order valence-corrected chi connectivity index (χ2v) is 5.75. The largest absolute Gasteiger partial charge is 0.437 e. The first-order chi connectivity index (χ1) is 11.8. The van der Waals surface area contributed by atoms with Gasteiger partial charge in [-0.2, -0.15) is 5.26 Å². The minimum atomic E-state index is -0.243. The Labute approximate surface area is 143 Å². The fourth-order valence-electron chi connectivity index (χ4n) is 2.02. The molecule has 1 N–H and O–H groups in total. The van der Waals surface area contributed by atoms with Gasteiger partial charge in [0.25, 0.3) is 5.91 Å². The summed E-state index contributed by atoms with van der Waals surface area (Å²) in [5, 5.41) is 11.6. The number of nitrogens with zero attached hydrogens (tertiary/aromatic N) is 2. The first-order valence-corrected chi connectivity index (χ1v) is 8.08. The predicted octanol–water partition coefficient (Wildman–Crippen LogP) is 3.74. The number of carbonyl (C=O) groups excluding carboxylic acids is 1. The molecule has 0 aliphatic carbocycles. The third kappa shape index (κ3) is 3.77. The lowest BCUT2D eigenvalue weighted by Crippen LogP contribution is -2.22. The molecule has 24 heavy (non-hydrogen) atoms. The van der Waals surface area contributed by atoms with Crippen LogP contribution in [0.25, 0.3) is 0 Å². The molecule has 3 aromatic rings. The van der Waals surface area contributed by atoms with Crippen molar-refractivity contribution in [1.29, 1.82) is 5.26 Å². The summed E-state index contributed by atoms with van der Waals surface area (Å²) in [5.74, 6) is 0.681. The van der Waals surface area contributed by atoms with Gasteiger partial charge in [0.1, 0.15) is 5.75 Å². The van der Waals surface area contributed by atoms with Crippen LogP contribution in [-0.4, -0.2) is 10.9 Å². The molecule has 6 heteroatoms. The summed E-state index contributed by atoms with van der Waals surface area (Å²) in [6.45, 7) is 0.368. The van der Waals surface area contributed by atoms with E-state index in [2.05, 4.69) is 16.4 Å². The number of nitriles is 1. The number of ether oxygens (including phenoxy) is 1. The van der Waals surface area contributed by atoms with Crippen LogP contribution in [0.2, 0.25) is 0 Å². The summed E-state index contributed by atoms with van der Waals surface area (Å²) >= 11 is 1.23. The average Bonchev–Trinajstić information content (AvgIpc) is 3.09. The molecule has 5 nitrogen and oxygen atoms in total. The van der Waals surface area contributed by atoms with Crippen molar-refractivity contribution in [3.8, 4) is 17.7 Å². The van der Waals surface area contributed by atoms with Crippen LogP contribution in [0, 0.1) is 11.3 Å². The van der Waals surface area contributed by atoms with E-state index >= 15 is 0 Å². The van der Waals surface area contributed by atoms with E-state index in [-0.39, 0.29) is 5.91 Å². The van der Waals surface area contributed by atoms with Crippen LogP contribution < -0.4 is 10.1 Å². The molecule has 0 fully saturated rings. The van der Waals surface area contributed by atoms with Crippen molar-refractivity contribution in [3.63, 3.8) is 0 Å². The van der Waals surface area contributed by atoms with Crippen LogP contribution in [-0.2, 0) is 6.54 Å². The number of amides is 1. The van der Waals surface area contributed by atoms with E-state index < -0.39 is 0 Å². The van der Waals surface area contributed by atoms with Crippen LogP contribution in [0.15, 0.2) is 60.1 Å². The molecule has 0 bridgehead atoms. The van der Waals surface area contributed by atoms with Crippen LogP contribution in [0.3, 0.4) is 0 Å².